The van der Waals surface area contributed by atoms with Crippen molar-refractivity contribution < 1.29 is 14.4 Å². The second-order valence-corrected chi connectivity index (χ2v) is 7.41. The highest BCUT2D eigenvalue weighted by molar-refractivity contribution is 5.93. The minimum atomic E-state index is 0.0859. The highest BCUT2D eigenvalue weighted by Gasteiger charge is 2.22. The number of aromatic nitrogens is 1. The monoisotopic (exact) mass is 388 g/mol. The molecule has 0 atom stereocenters. The number of carbonyl (C=O) groups excluding carboxylic acids is 1. The van der Waals surface area contributed by atoms with E-state index in [4.69, 9.17) is 4.74 Å². The lowest BCUT2D eigenvalue weighted by Crippen LogP contribution is -3.13. The highest BCUT2D eigenvalue weighted by atomic mass is 16.5. The van der Waals surface area contributed by atoms with E-state index in [2.05, 4.69) is 29.2 Å². The second kappa shape index (κ2) is 8.88. The quantitative estimate of drug-likeness (QED) is 0.682. The van der Waals surface area contributed by atoms with Gasteiger partial charge in [-0.05, 0) is 52.7 Å². The van der Waals surface area contributed by atoms with Crippen LogP contribution in [0.2, 0.25) is 0 Å². The molecule has 5 heteroatoms. The van der Waals surface area contributed by atoms with Crippen molar-refractivity contribution in [3.63, 3.8) is 0 Å². The molecular formula is C24H26N3O2+. The first kappa shape index (κ1) is 19.2. The molecule has 29 heavy (non-hydrogen) atoms. The van der Waals surface area contributed by atoms with Crippen LogP contribution >= 0.6 is 0 Å². The Hall–Kier alpha value is -3.18. The second-order valence-electron chi connectivity index (χ2n) is 7.41. The first-order chi connectivity index (χ1) is 14.2. The normalized spacial score (nSPS) is 15.1. The Kier molecular flexibility index (Phi) is 5.86. The van der Waals surface area contributed by atoms with E-state index in [9.17, 15) is 4.79 Å². The predicted octanol–water partition coefficient (Wildman–Crippen LogP) is 2.18. The predicted molar refractivity (Wildman–Crippen MR) is 115 cm³/mol. The Bertz CT molecular complexity index is 1010. The number of hydrogen-bond acceptors (Lipinski definition) is 3. The molecule has 0 radical (unpaired) electrons. The van der Waals surface area contributed by atoms with Gasteiger partial charge in [0.15, 0.2) is 0 Å². The number of quaternary nitrogens is 1. The van der Waals surface area contributed by atoms with Crippen molar-refractivity contribution in [3.05, 3.63) is 78.1 Å². The number of piperazine rings is 1. The molecule has 0 unspecified atom stereocenters. The van der Waals surface area contributed by atoms with Crippen LogP contribution in [0, 0.1) is 0 Å². The molecule has 5 nitrogen and oxygen atoms in total. The zero-order valence-electron chi connectivity index (χ0n) is 16.7. The molecule has 3 aromatic rings. The van der Waals surface area contributed by atoms with E-state index in [-0.39, 0.29) is 5.91 Å². The van der Waals surface area contributed by atoms with E-state index in [1.165, 1.54) is 10.5 Å². The first-order valence-corrected chi connectivity index (χ1v) is 9.98. The Labute approximate surface area is 171 Å². The maximum Gasteiger partial charge on any atom is 0.246 e. The summed E-state index contributed by atoms with van der Waals surface area (Å²) >= 11 is 0. The van der Waals surface area contributed by atoms with Crippen LogP contribution in [0.3, 0.4) is 0 Å². The van der Waals surface area contributed by atoms with Crippen molar-refractivity contribution in [1.29, 1.82) is 0 Å². The molecule has 0 spiro atoms. The lowest BCUT2D eigenvalue weighted by molar-refractivity contribution is -0.917. The third-order valence-electron chi connectivity index (χ3n) is 5.48. The van der Waals surface area contributed by atoms with Crippen molar-refractivity contribution >= 4 is 22.8 Å². The number of nitrogens with zero attached hydrogens (tertiary/aromatic N) is 2. The lowest BCUT2D eigenvalue weighted by Gasteiger charge is -2.31. The minimum Gasteiger partial charge on any atom is -0.497 e. The lowest BCUT2D eigenvalue weighted by atomic mass is 10.1. The van der Waals surface area contributed by atoms with Crippen molar-refractivity contribution in [1.82, 2.24) is 9.88 Å². The zero-order valence-corrected chi connectivity index (χ0v) is 16.7. The molecule has 1 fully saturated rings. The number of amides is 1. The van der Waals surface area contributed by atoms with Crippen LogP contribution in [0.25, 0.3) is 16.8 Å². The molecule has 1 aliphatic heterocycles. The number of fused-ring (bicyclic) bond motifs is 1. The molecule has 1 N–H and O–H groups in total. The Morgan fingerprint density at radius 3 is 2.55 bits per heavy atom. The summed E-state index contributed by atoms with van der Waals surface area (Å²) in [6, 6.07) is 16.3. The van der Waals surface area contributed by atoms with Crippen LogP contribution in [0.4, 0.5) is 0 Å². The van der Waals surface area contributed by atoms with Crippen LogP contribution in [-0.4, -0.2) is 49.1 Å². The molecule has 0 saturated carbocycles. The highest BCUT2D eigenvalue weighted by Crippen LogP contribution is 2.22. The van der Waals surface area contributed by atoms with Gasteiger partial charge in [0.05, 0.1) is 33.3 Å². The van der Waals surface area contributed by atoms with Gasteiger partial charge < -0.3 is 14.5 Å². The van der Waals surface area contributed by atoms with Crippen LogP contribution in [0.1, 0.15) is 11.1 Å². The van der Waals surface area contributed by atoms with Gasteiger partial charge in [0, 0.05) is 24.0 Å². The maximum atomic E-state index is 12.6. The number of carbonyl (C=O) groups is 1. The fraction of sp³-hybridized carbons (Fsp3) is 0.250. The number of hydrogen-bond donors (Lipinski definition) is 1. The van der Waals surface area contributed by atoms with E-state index in [0.717, 1.165) is 54.8 Å². The summed E-state index contributed by atoms with van der Waals surface area (Å²) in [5, 5.41) is 2.26. The Balaban J connectivity index is 1.33. The standard InChI is InChI=1S/C24H25N3O2/c1-29-23-6-5-21-16-19(2-4-22(21)17-23)3-7-24(28)27-14-12-26(13-15-27)18-20-8-10-25-11-9-20/h2-11,16-17H,12-15,18H2,1H3/p+1/b7-3+. The topological polar surface area (TPSA) is 46.9 Å². The third-order valence-corrected chi connectivity index (χ3v) is 5.48. The number of ether oxygens (including phenoxy) is 1. The van der Waals surface area contributed by atoms with Gasteiger partial charge in [0.1, 0.15) is 12.3 Å². The number of pyridine rings is 1. The molecule has 1 aliphatic rings. The summed E-state index contributed by atoms with van der Waals surface area (Å²) in [6.07, 6.45) is 7.27. The summed E-state index contributed by atoms with van der Waals surface area (Å²) in [5.41, 5.74) is 2.32. The molecule has 2 heterocycles. The Morgan fingerprint density at radius 1 is 1.07 bits per heavy atom. The molecule has 2 aromatic carbocycles. The smallest absolute Gasteiger partial charge is 0.246 e. The fourth-order valence-electron chi connectivity index (χ4n) is 3.76. The summed E-state index contributed by atoms with van der Waals surface area (Å²) in [4.78, 5) is 20.1. The van der Waals surface area contributed by atoms with E-state index in [1.54, 1.807) is 13.2 Å². The van der Waals surface area contributed by atoms with Crippen LogP contribution in [0.5, 0.6) is 5.75 Å². The Morgan fingerprint density at radius 2 is 1.79 bits per heavy atom. The largest absolute Gasteiger partial charge is 0.497 e. The number of methoxy groups -OCH3 is 1. The van der Waals surface area contributed by atoms with E-state index in [0.29, 0.717) is 0 Å². The SMILES string of the molecule is COc1ccc2cc(/C=C/C(=O)N3CC[NH+](Cc4ccncc4)CC3)ccc2c1. The number of benzene rings is 2. The van der Waals surface area contributed by atoms with E-state index >= 15 is 0 Å². The first-order valence-electron chi connectivity index (χ1n) is 9.98. The zero-order chi connectivity index (χ0) is 20.1. The van der Waals surface area contributed by atoms with Gasteiger partial charge in [0.2, 0.25) is 5.91 Å². The van der Waals surface area contributed by atoms with Crippen molar-refractivity contribution in [2.75, 3.05) is 33.3 Å². The maximum absolute atomic E-state index is 12.6. The fourth-order valence-corrected chi connectivity index (χ4v) is 3.76. The molecule has 4 rings (SSSR count). The van der Waals surface area contributed by atoms with Gasteiger partial charge in [-0.15, -0.1) is 0 Å². The van der Waals surface area contributed by atoms with Gasteiger partial charge in [-0.1, -0.05) is 18.2 Å². The average molecular weight is 388 g/mol. The van der Waals surface area contributed by atoms with Crippen LogP contribution in [0.15, 0.2) is 67.0 Å². The van der Waals surface area contributed by atoms with Gasteiger partial charge in [-0.3, -0.25) is 9.78 Å². The van der Waals surface area contributed by atoms with Crippen molar-refractivity contribution in [3.8, 4) is 5.75 Å². The van der Waals surface area contributed by atoms with Crippen LogP contribution in [-0.2, 0) is 11.3 Å². The van der Waals surface area contributed by atoms with E-state index in [1.807, 2.05) is 47.6 Å². The number of rotatable bonds is 5. The molecule has 0 aliphatic carbocycles. The van der Waals surface area contributed by atoms with Crippen LogP contribution < -0.4 is 9.64 Å². The van der Waals surface area contributed by atoms with Crippen molar-refractivity contribution in [2.24, 2.45) is 0 Å². The molecule has 1 saturated heterocycles. The molecule has 0 bridgehead atoms. The summed E-state index contributed by atoms with van der Waals surface area (Å²) in [7, 11) is 1.67. The number of nitrogens with one attached hydrogen (secondary N) is 1. The van der Waals surface area contributed by atoms with Crippen molar-refractivity contribution in [2.45, 2.75) is 6.54 Å². The summed E-state index contributed by atoms with van der Waals surface area (Å²) in [6.45, 7) is 4.52. The third kappa shape index (κ3) is 4.81. The molecular weight excluding hydrogens is 362 g/mol. The summed E-state index contributed by atoms with van der Waals surface area (Å²) in [5.74, 6) is 0.934. The van der Waals surface area contributed by atoms with Gasteiger partial charge in [-0.2, -0.15) is 0 Å². The summed E-state index contributed by atoms with van der Waals surface area (Å²) < 4.78 is 5.27. The average Bonchev–Trinajstić information content (AvgIpc) is 2.78. The van der Waals surface area contributed by atoms with E-state index < -0.39 is 0 Å². The van der Waals surface area contributed by atoms with Gasteiger partial charge in [-0.25, -0.2) is 0 Å². The molecule has 148 valence electrons. The molecule has 1 aromatic heterocycles. The minimum absolute atomic E-state index is 0.0859. The molecule has 1 amide bonds. The van der Waals surface area contributed by atoms with Gasteiger partial charge in [0.25, 0.3) is 0 Å². The van der Waals surface area contributed by atoms with Gasteiger partial charge >= 0.3 is 0 Å².